The zero-order valence-electron chi connectivity index (χ0n) is 27.4. The molecule has 0 aliphatic carbocycles. The van der Waals surface area contributed by atoms with E-state index in [2.05, 4.69) is 10.3 Å². The van der Waals surface area contributed by atoms with Gasteiger partial charge in [0.1, 0.15) is 24.1 Å². The van der Waals surface area contributed by atoms with Gasteiger partial charge in [0.05, 0.1) is 17.7 Å². The first-order valence-corrected chi connectivity index (χ1v) is 15.5. The van der Waals surface area contributed by atoms with Gasteiger partial charge in [-0.1, -0.05) is 30.3 Å². The molecule has 2 aliphatic heterocycles. The fourth-order valence-corrected chi connectivity index (χ4v) is 6.20. The van der Waals surface area contributed by atoms with Gasteiger partial charge in [0.15, 0.2) is 0 Å². The van der Waals surface area contributed by atoms with E-state index in [-0.39, 0.29) is 37.3 Å². The van der Waals surface area contributed by atoms with E-state index in [9.17, 15) is 18.8 Å². The van der Waals surface area contributed by atoms with Crippen LogP contribution in [0, 0.1) is 5.82 Å². The van der Waals surface area contributed by atoms with Crippen LogP contribution in [0.5, 0.6) is 0 Å². The summed E-state index contributed by atoms with van der Waals surface area (Å²) in [6, 6.07) is 12.2. The number of rotatable bonds is 7. The number of alkyl carbamates (subject to hydrolysis) is 1. The maximum absolute atomic E-state index is 14.5. The number of likely N-dealkylation sites (tertiary alicyclic amines) is 1. The summed E-state index contributed by atoms with van der Waals surface area (Å²) in [5.41, 5.74) is 1.55. The summed E-state index contributed by atoms with van der Waals surface area (Å²) in [5.74, 6) is -1.13. The lowest BCUT2D eigenvalue weighted by Crippen LogP contribution is -2.57. The van der Waals surface area contributed by atoms with E-state index in [1.165, 1.54) is 12.1 Å². The van der Waals surface area contributed by atoms with Crippen LogP contribution in [-0.4, -0.2) is 75.4 Å². The first-order valence-electron chi connectivity index (χ1n) is 15.5. The molecule has 1 saturated heterocycles. The summed E-state index contributed by atoms with van der Waals surface area (Å²) in [4.78, 5) is 47.4. The number of nitrogens with zero attached hydrogens (tertiary/aromatic N) is 2. The van der Waals surface area contributed by atoms with E-state index in [4.69, 9.17) is 14.2 Å². The Morgan fingerprint density at radius 3 is 2.43 bits per heavy atom. The summed E-state index contributed by atoms with van der Waals surface area (Å²) in [6.07, 6.45) is 1.66. The van der Waals surface area contributed by atoms with Crippen molar-refractivity contribution in [3.63, 3.8) is 0 Å². The average molecular weight is 635 g/mol. The molecular formula is C35H43FN4O6. The number of hydrogen-bond acceptors (Lipinski definition) is 6. The van der Waals surface area contributed by atoms with Crippen LogP contribution in [0.3, 0.4) is 0 Å². The van der Waals surface area contributed by atoms with E-state index < -0.39 is 41.6 Å². The molecular weight excluding hydrogens is 591 g/mol. The van der Waals surface area contributed by atoms with Gasteiger partial charge in [0, 0.05) is 41.8 Å². The number of fused-ring (bicyclic) bond motifs is 2. The molecule has 5 rings (SSSR count). The van der Waals surface area contributed by atoms with Gasteiger partial charge in [-0.25, -0.2) is 14.0 Å². The molecule has 0 radical (unpaired) electrons. The second kappa shape index (κ2) is 12.8. The van der Waals surface area contributed by atoms with Crippen LogP contribution in [0.2, 0.25) is 0 Å². The maximum Gasteiger partial charge on any atom is 0.414 e. The number of halogens is 1. The number of nitrogens with one attached hydrogen (secondary N) is 2. The molecule has 0 saturated carbocycles. The largest absolute Gasteiger partial charge is 0.444 e. The van der Waals surface area contributed by atoms with Crippen LogP contribution in [-0.2, 0) is 25.6 Å². The highest BCUT2D eigenvalue weighted by Gasteiger charge is 2.50. The van der Waals surface area contributed by atoms with Crippen LogP contribution >= 0.6 is 0 Å². The lowest BCUT2D eigenvalue weighted by Gasteiger charge is -2.36. The minimum atomic E-state index is -1.08. The first-order chi connectivity index (χ1) is 21.6. The van der Waals surface area contributed by atoms with E-state index in [1.807, 2.05) is 57.2 Å². The van der Waals surface area contributed by atoms with Gasteiger partial charge < -0.3 is 29.4 Å². The molecule has 1 aromatic heterocycles. The first kappa shape index (κ1) is 33.0. The lowest BCUT2D eigenvalue weighted by molar-refractivity contribution is -0.142. The van der Waals surface area contributed by atoms with Gasteiger partial charge in [-0.2, -0.15) is 0 Å². The number of ether oxygens (including phenoxy) is 3. The normalized spacial score (nSPS) is 19.4. The lowest BCUT2D eigenvalue weighted by atomic mass is 9.92. The fourth-order valence-electron chi connectivity index (χ4n) is 6.20. The highest BCUT2D eigenvalue weighted by molar-refractivity contribution is 5.89. The number of benzene rings is 2. The number of carbonyl (C=O) groups excluding carboxylic acids is 3. The van der Waals surface area contributed by atoms with E-state index >= 15 is 0 Å². The number of aromatic nitrogens is 1. The van der Waals surface area contributed by atoms with Crippen LogP contribution in [0.4, 0.5) is 14.0 Å². The molecule has 46 heavy (non-hydrogen) atoms. The standard InChI is InChI=1S/C35H43FN4O6/c1-21(45-34(2,3)4)29(38-32(42)46-35(5,6)7)31(41)39-16-15-28-30(39)26(25-18-37-27-17-23(36)13-14-24(25)27)19-40(28)33(43)44-20-22-11-9-8-10-12-22/h8-15,17-18,21,26,29-30,37H,16,19-20H2,1-7H3,(H,38,42). The van der Waals surface area contributed by atoms with Crippen molar-refractivity contribution in [1.29, 1.82) is 0 Å². The van der Waals surface area contributed by atoms with Crippen molar-refractivity contribution in [2.24, 2.45) is 0 Å². The molecule has 3 heterocycles. The van der Waals surface area contributed by atoms with E-state index in [1.54, 1.807) is 49.8 Å². The second-order valence-corrected chi connectivity index (χ2v) is 13.8. The number of H-pyrrole nitrogens is 1. The van der Waals surface area contributed by atoms with Crippen LogP contribution in [0.25, 0.3) is 10.9 Å². The molecule has 2 aliphatic rings. The van der Waals surface area contributed by atoms with Gasteiger partial charge in [-0.05, 0) is 83.9 Å². The number of hydrogen-bond donors (Lipinski definition) is 2. The summed E-state index contributed by atoms with van der Waals surface area (Å²) < 4.78 is 31.5. The average Bonchev–Trinajstić information content (AvgIpc) is 3.67. The Morgan fingerprint density at radius 1 is 1.04 bits per heavy atom. The van der Waals surface area contributed by atoms with Gasteiger partial charge in [-0.15, -0.1) is 0 Å². The third kappa shape index (κ3) is 7.36. The van der Waals surface area contributed by atoms with Gasteiger partial charge in [0.2, 0.25) is 5.91 Å². The molecule has 0 bridgehead atoms. The van der Waals surface area contributed by atoms with Crippen molar-refractivity contribution < 1.29 is 33.0 Å². The Morgan fingerprint density at radius 2 is 1.76 bits per heavy atom. The second-order valence-electron chi connectivity index (χ2n) is 13.8. The number of amides is 3. The van der Waals surface area contributed by atoms with E-state index in [0.29, 0.717) is 11.2 Å². The Labute approximate surface area is 268 Å². The van der Waals surface area contributed by atoms with Gasteiger partial charge in [-0.3, -0.25) is 9.69 Å². The van der Waals surface area contributed by atoms with Crippen molar-refractivity contribution in [3.8, 4) is 0 Å². The summed E-state index contributed by atoms with van der Waals surface area (Å²) in [6.45, 7) is 13.1. The predicted molar refractivity (Wildman–Crippen MR) is 171 cm³/mol. The molecule has 10 nitrogen and oxygen atoms in total. The molecule has 246 valence electrons. The molecule has 4 unspecified atom stereocenters. The third-order valence-electron chi connectivity index (χ3n) is 7.94. The van der Waals surface area contributed by atoms with Gasteiger partial charge >= 0.3 is 12.2 Å². The summed E-state index contributed by atoms with van der Waals surface area (Å²) >= 11 is 0. The van der Waals surface area contributed by atoms with Crippen LogP contribution < -0.4 is 5.32 Å². The molecule has 1 fully saturated rings. The fraction of sp³-hybridized carbons (Fsp3) is 0.457. The van der Waals surface area contributed by atoms with E-state index in [0.717, 1.165) is 16.5 Å². The zero-order chi connectivity index (χ0) is 33.4. The summed E-state index contributed by atoms with van der Waals surface area (Å²) in [7, 11) is 0. The highest BCUT2D eigenvalue weighted by atomic mass is 19.1. The molecule has 3 aromatic rings. The van der Waals surface area contributed by atoms with Gasteiger partial charge in [0.25, 0.3) is 0 Å². The Hall–Kier alpha value is -4.38. The highest BCUT2D eigenvalue weighted by Crippen LogP contribution is 2.44. The number of aromatic amines is 1. The van der Waals surface area contributed by atoms with Crippen molar-refractivity contribution in [2.75, 3.05) is 13.1 Å². The smallest absolute Gasteiger partial charge is 0.414 e. The molecule has 11 heteroatoms. The van der Waals surface area contributed by atoms with Crippen LogP contribution in [0.1, 0.15) is 65.5 Å². The predicted octanol–water partition coefficient (Wildman–Crippen LogP) is 6.23. The molecule has 3 amide bonds. The topological polar surface area (TPSA) is 113 Å². The third-order valence-corrected chi connectivity index (χ3v) is 7.94. The molecule has 4 atom stereocenters. The van der Waals surface area contributed by atoms with Crippen LogP contribution in [0.15, 0.2) is 66.5 Å². The van der Waals surface area contributed by atoms with Crippen molar-refractivity contribution in [2.45, 2.75) is 90.4 Å². The SMILES string of the molecule is CC(OC(C)(C)C)C(NC(=O)OC(C)(C)C)C(=O)N1CC=C2C1C(c1c[nH]c3cc(F)ccc13)CN2C(=O)OCc1ccccc1. The summed E-state index contributed by atoms with van der Waals surface area (Å²) in [5, 5.41) is 3.55. The Balaban J connectivity index is 1.47. The molecule has 2 N–H and O–H groups in total. The minimum Gasteiger partial charge on any atom is -0.444 e. The number of carbonyl (C=O) groups is 3. The minimum absolute atomic E-state index is 0.0946. The zero-order valence-corrected chi connectivity index (χ0v) is 27.4. The van der Waals surface area contributed by atoms with Crippen molar-refractivity contribution in [1.82, 2.24) is 20.1 Å². The monoisotopic (exact) mass is 634 g/mol. The van der Waals surface area contributed by atoms with Crippen molar-refractivity contribution >= 4 is 29.0 Å². The molecule has 2 aromatic carbocycles. The quantitative estimate of drug-likeness (QED) is 0.319. The Bertz CT molecular complexity index is 1620. The Kier molecular flexibility index (Phi) is 9.17. The maximum atomic E-state index is 14.5. The molecule has 0 spiro atoms. The van der Waals surface area contributed by atoms with Crippen molar-refractivity contribution in [3.05, 3.63) is 83.4 Å².